The van der Waals surface area contributed by atoms with Crippen molar-refractivity contribution in [3.8, 4) is 0 Å². The van der Waals surface area contributed by atoms with E-state index in [2.05, 4.69) is 24.3 Å². The van der Waals surface area contributed by atoms with Gasteiger partial charge < -0.3 is 0 Å². The monoisotopic (exact) mass is 246 g/mol. The first kappa shape index (κ1) is 13.1. The Labute approximate surface area is 109 Å². The summed E-state index contributed by atoms with van der Waals surface area (Å²) in [6.45, 7) is 6.37. The lowest BCUT2D eigenvalue weighted by atomic mass is 10.00. The molecule has 0 aromatic heterocycles. The Morgan fingerprint density at radius 3 is 2.28 bits per heavy atom. The van der Waals surface area contributed by atoms with E-state index in [0.29, 0.717) is 12.1 Å². The number of carbonyl (C=O) groups is 1. The van der Waals surface area contributed by atoms with Crippen molar-refractivity contribution in [2.24, 2.45) is 0 Å². The second-order valence-electron chi connectivity index (χ2n) is 5.34. The molecule has 2 rings (SSSR count). The highest BCUT2D eigenvalue weighted by Gasteiger charge is 2.26. The fourth-order valence-corrected chi connectivity index (χ4v) is 2.53. The molecule has 0 unspecified atom stereocenters. The van der Waals surface area contributed by atoms with Crippen molar-refractivity contribution in [1.29, 1.82) is 0 Å². The molecule has 18 heavy (non-hydrogen) atoms. The van der Waals surface area contributed by atoms with Crippen molar-refractivity contribution >= 4 is 5.91 Å². The quantitative estimate of drug-likeness (QED) is 0.870. The van der Waals surface area contributed by atoms with Gasteiger partial charge in [0.1, 0.15) is 0 Å². The molecule has 1 aromatic rings. The SMILES string of the molecule is Cc1ccc(C(=O)NN2[C@@H](C)CCC[C@@H]2C)cc1. The standard InChI is InChI=1S/C15H22N2O/c1-11-7-9-14(10-8-11)15(18)16-17-12(2)5-4-6-13(17)3/h7-10,12-13H,4-6H2,1-3H3,(H,16,18)/t12-,13-/m0/s1. The van der Waals surface area contributed by atoms with Gasteiger partial charge in [0.05, 0.1) is 0 Å². The maximum Gasteiger partial charge on any atom is 0.265 e. The van der Waals surface area contributed by atoms with Crippen LogP contribution in [0.4, 0.5) is 0 Å². The van der Waals surface area contributed by atoms with Crippen LogP contribution >= 0.6 is 0 Å². The summed E-state index contributed by atoms with van der Waals surface area (Å²) in [6.07, 6.45) is 3.55. The summed E-state index contributed by atoms with van der Waals surface area (Å²) in [5, 5.41) is 2.10. The van der Waals surface area contributed by atoms with E-state index in [0.717, 1.165) is 18.4 Å². The molecule has 2 atom stereocenters. The Hall–Kier alpha value is -1.35. The van der Waals surface area contributed by atoms with Crippen LogP contribution in [0.3, 0.4) is 0 Å². The van der Waals surface area contributed by atoms with Crippen LogP contribution in [-0.4, -0.2) is 23.0 Å². The molecule has 0 bridgehead atoms. The molecule has 0 saturated carbocycles. The van der Waals surface area contributed by atoms with Crippen molar-refractivity contribution in [1.82, 2.24) is 10.4 Å². The predicted octanol–water partition coefficient (Wildman–Crippen LogP) is 2.90. The second kappa shape index (κ2) is 5.53. The number of hydrogen-bond acceptors (Lipinski definition) is 2. The number of piperidine rings is 1. The van der Waals surface area contributed by atoms with Gasteiger partial charge in [0, 0.05) is 17.6 Å². The molecular formula is C15H22N2O. The number of carbonyl (C=O) groups excluding carboxylic acids is 1. The van der Waals surface area contributed by atoms with Gasteiger partial charge in [-0.25, -0.2) is 5.01 Å². The molecule has 0 radical (unpaired) electrons. The Kier molecular flexibility index (Phi) is 4.02. The molecule has 1 aliphatic rings. The highest BCUT2D eigenvalue weighted by molar-refractivity contribution is 5.93. The third-order valence-corrected chi connectivity index (χ3v) is 3.74. The molecule has 0 aliphatic carbocycles. The minimum absolute atomic E-state index is 0.00407. The van der Waals surface area contributed by atoms with Crippen molar-refractivity contribution in [3.05, 3.63) is 35.4 Å². The zero-order chi connectivity index (χ0) is 13.1. The van der Waals surface area contributed by atoms with Crippen LogP contribution in [0.5, 0.6) is 0 Å². The zero-order valence-corrected chi connectivity index (χ0v) is 11.4. The maximum atomic E-state index is 12.2. The summed E-state index contributed by atoms with van der Waals surface area (Å²) in [5.74, 6) is -0.00407. The van der Waals surface area contributed by atoms with Gasteiger partial charge in [-0.05, 0) is 45.7 Å². The summed E-state index contributed by atoms with van der Waals surface area (Å²) in [6, 6.07) is 8.54. The first-order valence-corrected chi connectivity index (χ1v) is 6.74. The van der Waals surface area contributed by atoms with Gasteiger partial charge in [-0.3, -0.25) is 10.2 Å². The number of amides is 1. The maximum absolute atomic E-state index is 12.2. The summed E-state index contributed by atoms with van der Waals surface area (Å²) in [7, 11) is 0. The van der Waals surface area contributed by atoms with Crippen LogP contribution < -0.4 is 5.43 Å². The number of nitrogens with zero attached hydrogens (tertiary/aromatic N) is 1. The van der Waals surface area contributed by atoms with E-state index in [1.807, 2.05) is 31.2 Å². The zero-order valence-electron chi connectivity index (χ0n) is 11.4. The lowest BCUT2D eigenvalue weighted by Crippen LogP contribution is -2.54. The highest BCUT2D eigenvalue weighted by Crippen LogP contribution is 2.20. The summed E-state index contributed by atoms with van der Waals surface area (Å²) < 4.78 is 0. The molecule has 1 aliphatic heterocycles. The lowest BCUT2D eigenvalue weighted by Gasteiger charge is -2.38. The summed E-state index contributed by atoms with van der Waals surface area (Å²) >= 11 is 0. The van der Waals surface area contributed by atoms with Gasteiger partial charge >= 0.3 is 0 Å². The Bertz CT molecular complexity index is 403. The van der Waals surface area contributed by atoms with Crippen molar-refractivity contribution in [2.75, 3.05) is 0 Å². The first-order valence-electron chi connectivity index (χ1n) is 6.74. The average molecular weight is 246 g/mol. The average Bonchev–Trinajstić information content (AvgIpc) is 2.34. The van der Waals surface area contributed by atoms with Crippen LogP contribution in [0.15, 0.2) is 24.3 Å². The van der Waals surface area contributed by atoms with Crippen LogP contribution in [0.25, 0.3) is 0 Å². The van der Waals surface area contributed by atoms with Crippen molar-refractivity contribution in [3.63, 3.8) is 0 Å². The molecular weight excluding hydrogens is 224 g/mol. The lowest BCUT2D eigenvalue weighted by molar-refractivity contribution is 0.0370. The largest absolute Gasteiger partial charge is 0.284 e. The van der Waals surface area contributed by atoms with E-state index in [9.17, 15) is 4.79 Å². The smallest absolute Gasteiger partial charge is 0.265 e. The topological polar surface area (TPSA) is 32.3 Å². The number of benzene rings is 1. The number of hydrazine groups is 1. The summed E-state index contributed by atoms with van der Waals surface area (Å²) in [5.41, 5.74) is 4.95. The van der Waals surface area contributed by atoms with E-state index < -0.39 is 0 Å². The Morgan fingerprint density at radius 2 is 1.72 bits per heavy atom. The molecule has 3 heteroatoms. The third kappa shape index (κ3) is 2.91. The van der Waals surface area contributed by atoms with Gasteiger partial charge in [-0.1, -0.05) is 24.1 Å². The number of rotatable bonds is 2. The van der Waals surface area contributed by atoms with Crippen LogP contribution in [0, 0.1) is 6.92 Å². The van der Waals surface area contributed by atoms with Gasteiger partial charge in [-0.15, -0.1) is 0 Å². The van der Waals surface area contributed by atoms with E-state index in [4.69, 9.17) is 0 Å². The minimum Gasteiger partial charge on any atom is -0.284 e. The Balaban J connectivity index is 2.04. The molecule has 98 valence electrons. The highest BCUT2D eigenvalue weighted by atomic mass is 16.2. The van der Waals surface area contributed by atoms with Crippen molar-refractivity contribution in [2.45, 2.75) is 52.1 Å². The van der Waals surface area contributed by atoms with Crippen LogP contribution in [0.2, 0.25) is 0 Å². The molecule has 1 aromatic carbocycles. The first-order chi connectivity index (χ1) is 8.58. The van der Waals surface area contributed by atoms with E-state index in [1.165, 1.54) is 12.0 Å². The van der Waals surface area contributed by atoms with Crippen molar-refractivity contribution < 1.29 is 4.79 Å². The molecule has 1 N–H and O–H groups in total. The van der Waals surface area contributed by atoms with E-state index in [1.54, 1.807) is 0 Å². The van der Waals surface area contributed by atoms with Gasteiger partial charge in [-0.2, -0.15) is 0 Å². The van der Waals surface area contributed by atoms with E-state index >= 15 is 0 Å². The van der Waals surface area contributed by atoms with E-state index in [-0.39, 0.29) is 5.91 Å². The molecule has 1 saturated heterocycles. The molecule has 0 spiro atoms. The molecule has 1 fully saturated rings. The third-order valence-electron chi connectivity index (χ3n) is 3.74. The fourth-order valence-electron chi connectivity index (χ4n) is 2.53. The van der Waals surface area contributed by atoms with Crippen LogP contribution in [0.1, 0.15) is 49.0 Å². The van der Waals surface area contributed by atoms with Gasteiger partial charge in [0.2, 0.25) is 0 Å². The number of nitrogens with one attached hydrogen (secondary N) is 1. The second-order valence-corrected chi connectivity index (χ2v) is 5.34. The number of aryl methyl sites for hydroxylation is 1. The number of hydrogen-bond donors (Lipinski definition) is 1. The molecule has 1 amide bonds. The van der Waals surface area contributed by atoms with Crippen LogP contribution in [-0.2, 0) is 0 Å². The Morgan fingerprint density at radius 1 is 1.17 bits per heavy atom. The predicted molar refractivity (Wildman–Crippen MR) is 73.3 cm³/mol. The molecule has 3 nitrogen and oxygen atoms in total. The molecule has 1 heterocycles. The van der Waals surface area contributed by atoms with Gasteiger partial charge in [0.15, 0.2) is 0 Å². The normalized spacial score (nSPS) is 24.8. The fraction of sp³-hybridized carbons (Fsp3) is 0.533. The minimum atomic E-state index is -0.00407. The summed E-state index contributed by atoms with van der Waals surface area (Å²) in [4.78, 5) is 12.2. The van der Waals surface area contributed by atoms with Gasteiger partial charge in [0.25, 0.3) is 5.91 Å².